The van der Waals surface area contributed by atoms with Crippen molar-refractivity contribution in [3.63, 3.8) is 0 Å². The standard InChI is InChI=1S/C20H23ClN4O2S/c1-12(24-28(27)20(2,3)4)16-17-14(11-15(21)22-16)19(26)25(5)18(23-17)13-9-7-6-8-10-13/h6-12,24H,1-5H3/t12-,28-/m1/s1. The first-order valence-corrected chi connectivity index (χ1v) is 10.4. The zero-order valence-corrected chi connectivity index (χ0v) is 18.1. The van der Waals surface area contributed by atoms with Crippen molar-refractivity contribution in [3.05, 3.63) is 57.6 Å². The number of pyridine rings is 1. The summed E-state index contributed by atoms with van der Waals surface area (Å²) in [6, 6.07) is 10.6. The Labute approximate surface area is 171 Å². The molecule has 0 unspecified atom stereocenters. The third-order valence-corrected chi connectivity index (χ3v) is 6.21. The number of halogens is 1. The summed E-state index contributed by atoms with van der Waals surface area (Å²) in [4.78, 5) is 22.1. The second-order valence-electron chi connectivity index (χ2n) is 7.61. The van der Waals surface area contributed by atoms with E-state index in [9.17, 15) is 9.00 Å². The minimum atomic E-state index is -1.31. The van der Waals surface area contributed by atoms with Crippen LogP contribution in [0.3, 0.4) is 0 Å². The van der Waals surface area contributed by atoms with E-state index in [0.717, 1.165) is 5.56 Å². The van der Waals surface area contributed by atoms with E-state index in [1.165, 1.54) is 10.6 Å². The van der Waals surface area contributed by atoms with E-state index in [-0.39, 0.29) is 10.7 Å². The molecule has 0 amide bonds. The molecule has 1 aromatic carbocycles. The van der Waals surface area contributed by atoms with Crippen molar-refractivity contribution in [2.45, 2.75) is 38.5 Å². The van der Waals surface area contributed by atoms with Crippen LogP contribution in [0, 0.1) is 0 Å². The van der Waals surface area contributed by atoms with E-state index in [2.05, 4.69) is 9.71 Å². The lowest BCUT2D eigenvalue weighted by Gasteiger charge is -2.22. The molecule has 0 aliphatic heterocycles. The van der Waals surface area contributed by atoms with Crippen molar-refractivity contribution < 1.29 is 4.21 Å². The number of aromatic nitrogens is 3. The molecule has 0 fully saturated rings. The molecule has 148 valence electrons. The van der Waals surface area contributed by atoms with Crippen molar-refractivity contribution in [2.24, 2.45) is 7.05 Å². The van der Waals surface area contributed by atoms with Gasteiger partial charge in [-0.1, -0.05) is 41.9 Å². The Kier molecular flexibility index (Phi) is 5.70. The predicted molar refractivity (Wildman–Crippen MR) is 115 cm³/mol. The van der Waals surface area contributed by atoms with Gasteiger partial charge in [0, 0.05) is 12.6 Å². The molecule has 0 saturated carbocycles. The van der Waals surface area contributed by atoms with Crippen LogP contribution in [0.15, 0.2) is 41.2 Å². The summed E-state index contributed by atoms with van der Waals surface area (Å²) in [7, 11) is 0.369. The number of hydrogen-bond donors (Lipinski definition) is 1. The van der Waals surface area contributed by atoms with Crippen molar-refractivity contribution in [3.8, 4) is 11.4 Å². The quantitative estimate of drug-likeness (QED) is 0.654. The summed E-state index contributed by atoms with van der Waals surface area (Å²) >= 11 is 6.18. The molecule has 0 saturated heterocycles. The van der Waals surface area contributed by atoms with Gasteiger partial charge in [0.25, 0.3) is 5.56 Å². The van der Waals surface area contributed by atoms with E-state index in [0.29, 0.717) is 22.4 Å². The van der Waals surface area contributed by atoms with E-state index in [1.807, 2.05) is 58.0 Å². The largest absolute Gasteiger partial charge is 0.295 e. The molecule has 0 bridgehead atoms. The average Bonchev–Trinajstić information content (AvgIpc) is 2.64. The van der Waals surface area contributed by atoms with Gasteiger partial charge in [0.05, 0.1) is 32.9 Å². The monoisotopic (exact) mass is 418 g/mol. The molecule has 6 nitrogen and oxygen atoms in total. The first-order chi connectivity index (χ1) is 13.1. The van der Waals surface area contributed by atoms with Gasteiger partial charge in [0.2, 0.25) is 0 Å². The second kappa shape index (κ2) is 7.73. The second-order valence-corrected chi connectivity index (χ2v) is 10.00. The topological polar surface area (TPSA) is 76.9 Å². The zero-order chi connectivity index (χ0) is 20.6. The summed E-state index contributed by atoms with van der Waals surface area (Å²) in [5.74, 6) is 0.535. The molecule has 2 atom stereocenters. The van der Waals surface area contributed by atoms with Crippen LogP contribution in [0.5, 0.6) is 0 Å². The van der Waals surface area contributed by atoms with Gasteiger partial charge in [-0.05, 0) is 33.8 Å². The zero-order valence-electron chi connectivity index (χ0n) is 16.5. The molecule has 28 heavy (non-hydrogen) atoms. The van der Waals surface area contributed by atoms with Crippen molar-refractivity contribution in [1.82, 2.24) is 19.3 Å². The number of nitrogens with one attached hydrogen (secondary N) is 1. The highest BCUT2D eigenvalue weighted by atomic mass is 35.5. The van der Waals surface area contributed by atoms with Crippen molar-refractivity contribution in [1.29, 1.82) is 0 Å². The number of rotatable bonds is 4. The van der Waals surface area contributed by atoms with E-state index < -0.39 is 21.8 Å². The molecule has 1 N–H and O–H groups in total. The fraction of sp³-hybridized carbons (Fsp3) is 0.350. The van der Waals surface area contributed by atoms with Crippen LogP contribution in [0.4, 0.5) is 0 Å². The maximum absolute atomic E-state index is 13.0. The molecular weight excluding hydrogens is 396 g/mol. The first kappa shape index (κ1) is 20.6. The molecule has 0 radical (unpaired) electrons. The van der Waals surface area contributed by atoms with E-state index >= 15 is 0 Å². The van der Waals surface area contributed by atoms with Gasteiger partial charge in [0.15, 0.2) is 0 Å². The van der Waals surface area contributed by atoms with Gasteiger partial charge in [-0.3, -0.25) is 9.36 Å². The highest BCUT2D eigenvalue weighted by Crippen LogP contribution is 2.26. The molecule has 0 aliphatic carbocycles. The van der Waals surface area contributed by atoms with E-state index in [1.54, 1.807) is 7.05 Å². The van der Waals surface area contributed by atoms with E-state index in [4.69, 9.17) is 16.6 Å². The van der Waals surface area contributed by atoms with Crippen LogP contribution in [0.1, 0.15) is 39.4 Å². The van der Waals surface area contributed by atoms with Crippen LogP contribution >= 0.6 is 11.6 Å². The fourth-order valence-electron chi connectivity index (χ4n) is 2.80. The minimum absolute atomic E-state index is 0.198. The normalized spacial score (nSPS) is 14.2. The maximum Gasteiger partial charge on any atom is 0.261 e. The smallest absolute Gasteiger partial charge is 0.261 e. The van der Waals surface area contributed by atoms with Crippen LogP contribution in [0.25, 0.3) is 22.3 Å². The summed E-state index contributed by atoms with van der Waals surface area (Å²) in [5, 5.41) is 0.580. The number of fused-ring (bicyclic) bond motifs is 1. The van der Waals surface area contributed by atoms with Crippen LogP contribution in [-0.4, -0.2) is 23.5 Å². The summed E-state index contributed by atoms with van der Waals surface area (Å²) in [6.07, 6.45) is 0. The predicted octanol–water partition coefficient (Wildman–Crippen LogP) is 3.76. The lowest BCUT2D eigenvalue weighted by molar-refractivity contribution is 0.612. The first-order valence-electron chi connectivity index (χ1n) is 8.90. The summed E-state index contributed by atoms with van der Waals surface area (Å²) in [6.45, 7) is 7.48. The highest BCUT2D eigenvalue weighted by Gasteiger charge is 2.25. The Morgan fingerprint density at radius 1 is 1.18 bits per heavy atom. The molecule has 8 heteroatoms. The summed E-state index contributed by atoms with van der Waals surface area (Å²) in [5.41, 5.74) is 1.56. The van der Waals surface area contributed by atoms with Crippen LogP contribution in [0.2, 0.25) is 5.15 Å². The highest BCUT2D eigenvalue weighted by molar-refractivity contribution is 7.84. The minimum Gasteiger partial charge on any atom is -0.295 e. The fourth-order valence-corrected chi connectivity index (χ4v) is 3.79. The Morgan fingerprint density at radius 3 is 2.43 bits per heavy atom. The number of benzene rings is 1. The van der Waals surface area contributed by atoms with Gasteiger partial charge in [-0.15, -0.1) is 0 Å². The molecule has 0 spiro atoms. The number of nitrogens with zero attached hydrogens (tertiary/aromatic N) is 3. The molecular formula is C20H23ClN4O2S. The van der Waals surface area contributed by atoms with Crippen LogP contribution in [-0.2, 0) is 18.0 Å². The summed E-state index contributed by atoms with van der Waals surface area (Å²) < 4.78 is 16.6. The van der Waals surface area contributed by atoms with Gasteiger partial charge < -0.3 is 0 Å². The maximum atomic E-state index is 13.0. The molecule has 2 aromatic heterocycles. The Hall–Kier alpha value is -2.09. The van der Waals surface area contributed by atoms with Crippen molar-refractivity contribution >= 4 is 33.5 Å². The molecule has 3 rings (SSSR count). The van der Waals surface area contributed by atoms with Gasteiger partial charge in [0.1, 0.15) is 16.5 Å². The Morgan fingerprint density at radius 2 is 1.82 bits per heavy atom. The van der Waals surface area contributed by atoms with Gasteiger partial charge in [-0.25, -0.2) is 18.9 Å². The Balaban J connectivity index is 2.22. The van der Waals surface area contributed by atoms with Crippen LogP contribution < -0.4 is 10.3 Å². The Bertz CT molecular complexity index is 1110. The molecule has 0 aliphatic rings. The lowest BCUT2D eigenvalue weighted by Crippen LogP contribution is -2.35. The third kappa shape index (κ3) is 4.01. The third-order valence-electron chi connectivity index (χ3n) is 4.34. The SMILES string of the molecule is C[C@@H](N[S@](=O)C(C)(C)C)c1nc(Cl)cc2c(=O)n(C)c(-c3ccccc3)nc12. The average molecular weight is 419 g/mol. The van der Waals surface area contributed by atoms with Gasteiger partial charge >= 0.3 is 0 Å². The van der Waals surface area contributed by atoms with Crippen molar-refractivity contribution in [2.75, 3.05) is 0 Å². The molecule has 3 aromatic rings. The van der Waals surface area contributed by atoms with Gasteiger partial charge in [-0.2, -0.15) is 0 Å². The lowest BCUT2D eigenvalue weighted by atomic mass is 10.1. The number of hydrogen-bond acceptors (Lipinski definition) is 4. The molecule has 2 heterocycles.